The van der Waals surface area contributed by atoms with Crippen LogP contribution in [0.1, 0.15) is 53.6 Å². The predicted molar refractivity (Wildman–Crippen MR) is 130 cm³/mol. The van der Waals surface area contributed by atoms with Gasteiger partial charge in [0, 0.05) is 41.0 Å². The van der Waals surface area contributed by atoms with E-state index in [1.165, 1.54) is 6.07 Å². The highest BCUT2D eigenvalue weighted by Gasteiger charge is 2.44. The number of likely N-dealkylation sites (tertiary alicyclic amines) is 1. The molecule has 3 heterocycles. The maximum Gasteiger partial charge on any atom is 0.307 e. The molecule has 2 aliphatic rings. The van der Waals surface area contributed by atoms with Gasteiger partial charge in [0.25, 0.3) is 0 Å². The molecule has 3 aromatic rings. The lowest BCUT2D eigenvalue weighted by Gasteiger charge is -2.31. The van der Waals surface area contributed by atoms with E-state index in [9.17, 15) is 9.18 Å². The summed E-state index contributed by atoms with van der Waals surface area (Å²) in [6.07, 6.45) is 4.52. The van der Waals surface area contributed by atoms with Crippen molar-refractivity contribution < 1.29 is 19.0 Å². The molecule has 1 aliphatic carbocycles. The number of carbonyl (C=O) groups is 1. The fraction of sp³-hybridized carbons (Fsp3) is 0.370. The molecule has 0 spiro atoms. The molecule has 1 N–H and O–H groups in total. The molecule has 182 valence electrons. The topological polar surface area (TPSA) is 75.5 Å². The number of carboxylic acids is 1. The molecule has 8 heteroatoms. The fourth-order valence-corrected chi connectivity index (χ4v) is 4.89. The van der Waals surface area contributed by atoms with E-state index < -0.39 is 5.97 Å². The molecule has 2 fully saturated rings. The average molecular weight is 496 g/mol. The molecular formula is C27H27ClFN3O3. The molecule has 1 saturated carbocycles. The van der Waals surface area contributed by atoms with Crippen molar-refractivity contribution in [3.05, 3.63) is 88.1 Å². The number of halogens is 2. The summed E-state index contributed by atoms with van der Waals surface area (Å²) in [5, 5.41) is 9.47. The Morgan fingerprint density at radius 3 is 2.69 bits per heavy atom. The van der Waals surface area contributed by atoms with Gasteiger partial charge >= 0.3 is 5.97 Å². The molecule has 0 radical (unpaired) electrons. The average Bonchev–Trinajstić information content (AvgIpc) is 3.66. The van der Waals surface area contributed by atoms with Gasteiger partial charge in [-0.15, -0.1) is 0 Å². The van der Waals surface area contributed by atoms with E-state index >= 15 is 0 Å². The molecule has 6 nitrogen and oxygen atoms in total. The minimum atomic E-state index is -0.719. The van der Waals surface area contributed by atoms with Crippen LogP contribution in [-0.4, -0.2) is 39.0 Å². The number of rotatable bonds is 8. The summed E-state index contributed by atoms with van der Waals surface area (Å²) >= 11 is 5.81. The number of hydrogen-bond donors (Lipinski definition) is 1. The Morgan fingerprint density at radius 2 is 2.00 bits per heavy atom. The Hall–Kier alpha value is -3.03. The van der Waals surface area contributed by atoms with Crippen LogP contribution in [0.15, 0.2) is 54.7 Å². The van der Waals surface area contributed by atoms with E-state index in [1.807, 2.05) is 30.5 Å². The quantitative estimate of drug-likeness (QED) is 0.450. The third-order valence-electron chi connectivity index (χ3n) is 6.91. The third-order valence-corrected chi connectivity index (χ3v) is 7.15. The van der Waals surface area contributed by atoms with Crippen molar-refractivity contribution in [2.45, 2.75) is 44.2 Å². The third kappa shape index (κ3) is 5.80. The summed E-state index contributed by atoms with van der Waals surface area (Å²) in [6, 6.07) is 14.3. The molecule has 35 heavy (non-hydrogen) atoms. The van der Waals surface area contributed by atoms with Gasteiger partial charge < -0.3 is 9.84 Å². The first-order valence-corrected chi connectivity index (χ1v) is 12.3. The summed E-state index contributed by atoms with van der Waals surface area (Å²) in [6.45, 7) is 2.77. The smallest absolute Gasteiger partial charge is 0.307 e. The number of ether oxygens (including phenoxy) is 1. The van der Waals surface area contributed by atoms with Gasteiger partial charge in [-0.05, 0) is 68.1 Å². The summed E-state index contributed by atoms with van der Waals surface area (Å²) in [7, 11) is 0. The van der Waals surface area contributed by atoms with Crippen molar-refractivity contribution >= 4 is 17.6 Å². The fourth-order valence-electron chi connectivity index (χ4n) is 4.73. The van der Waals surface area contributed by atoms with Crippen LogP contribution in [0.2, 0.25) is 5.02 Å². The van der Waals surface area contributed by atoms with Crippen molar-refractivity contribution in [3.63, 3.8) is 0 Å². The van der Waals surface area contributed by atoms with E-state index in [0.717, 1.165) is 49.4 Å². The first-order valence-electron chi connectivity index (χ1n) is 11.9. The lowest BCUT2D eigenvalue weighted by atomic mass is 9.93. The minimum Gasteiger partial charge on any atom is -0.481 e. The number of nitrogens with zero attached hydrogens (tertiary/aromatic N) is 3. The van der Waals surface area contributed by atoms with E-state index in [1.54, 1.807) is 18.2 Å². The zero-order chi connectivity index (χ0) is 24.4. The molecule has 1 aliphatic heterocycles. The van der Waals surface area contributed by atoms with Gasteiger partial charge in [-0.25, -0.2) is 9.37 Å². The minimum absolute atomic E-state index is 0.0986. The predicted octanol–water partition coefficient (Wildman–Crippen LogP) is 5.42. The van der Waals surface area contributed by atoms with Crippen LogP contribution in [0.4, 0.5) is 4.39 Å². The van der Waals surface area contributed by atoms with Crippen LogP contribution < -0.4 is 4.74 Å². The Bertz CT molecular complexity index is 1200. The largest absolute Gasteiger partial charge is 0.481 e. The first-order chi connectivity index (χ1) is 17.0. The van der Waals surface area contributed by atoms with E-state index in [0.29, 0.717) is 28.8 Å². The SMILES string of the molecule is O=C(O)C1CC1c1ccc(CN2CCC(c3cccc(OCc4ccc(Cl)cc4F)n3)CC2)nc1. The summed E-state index contributed by atoms with van der Waals surface area (Å²) in [5.41, 5.74) is 3.46. The summed E-state index contributed by atoms with van der Waals surface area (Å²) in [5.74, 6) is -0.407. The van der Waals surface area contributed by atoms with E-state index in [-0.39, 0.29) is 24.3 Å². The van der Waals surface area contributed by atoms with E-state index in [2.05, 4.69) is 14.9 Å². The molecule has 1 saturated heterocycles. The molecule has 5 rings (SSSR count). The second kappa shape index (κ2) is 10.3. The summed E-state index contributed by atoms with van der Waals surface area (Å²) < 4.78 is 19.8. The van der Waals surface area contributed by atoms with Gasteiger partial charge in [-0.2, -0.15) is 0 Å². The summed E-state index contributed by atoms with van der Waals surface area (Å²) in [4.78, 5) is 22.7. The van der Waals surface area contributed by atoms with Crippen LogP contribution in [-0.2, 0) is 17.9 Å². The number of hydrogen-bond acceptors (Lipinski definition) is 5. The zero-order valence-corrected chi connectivity index (χ0v) is 20.0. The second-order valence-corrected chi connectivity index (χ2v) is 9.78. The van der Waals surface area contributed by atoms with Crippen molar-refractivity contribution in [2.75, 3.05) is 13.1 Å². The highest BCUT2D eigenvalue weighted by atomic mass is 35.5. The normalized spacial score (nSPS) is 20.5. The maximum absolute atomic E-state index is 14.0. The molecule has 0 amide bonds. The first kappa shape index (κ1) is 23.7. The van der Waals surface area contributed by atoms with Crippen molar-refractivity contribution in [3.8, 4) is 5.88 Å². The molecule has 2 atom stereocenters. The van der Waals surface area contributed by atoms with Crippen LogP contribution in [0.3, 0.4) is 0 Å². The Labute approximate surface area is 208 Å². The van der Waals surface area contributed by atoms with Gasteiger partial charge in [0.1, 0.15) is 12.4 Å². The highest BCUT2D eigenvalue weighted by Crippen LogP contribution is 2.47. The lowest BCUT2D eigenvalue weighted by Crippen LogP contribution is -2.33. The Kier molecular flexibility index (Phi) is 6.97. The highest BCUT2D eigenvalue weighted by molar-refractivity contribution is 6.30. The lowest BCUT2D eigenvalue weighted by molar-refractivity contribution is -0.138. The molecule has 1 aromatic carbocycles. The van der Waals surface area contributed by atoms with Crippen LogP contribution in [0, 0.1) is 11.7 Å². The Balaban J connectivity index is 1.12. The number of carboxylic acid groups (broad SMARTS) is 1. The molecule has 2 unspecified atom stereocenters. The van der Waals surface area contributed by atoms with Crippen molar-refractivity contribution in [1.29, 1.82) is 0 Å². The zero-order valence-electron chi connectivity index (χ0n) is 19.2. The van der Waals surface area contributed by atoms with Gasteiger partial charge in [-0.3, -0.25) is 14.7 Å². The van der Waals surface area contributed by atoms with Gasteiger partial charge in [0.2, 0.25) is 5.88 Å². The van der Waals surface area contributed by atoms with Crippen LogP contribution in [0.25, 0.3) is 0 Å². The van der Waals surface area contributed by atoms with Gasteiger partial charge in [-0.1, -0.05) is 29.8 Å². The van der Waals surface area contributed by atoms with Crippen molar-refractivity contribution in [2.24, 2.45) is 5.92 Å². The van der Waals surface area contributed by atoms with Gasteiger partial charge in [0.15, 0.2) is 0 Å². The monoisotopic (exact) mass is 495 g/mol. The number of piperidine rings is 1. The van der Waals surface area contributed by atoms with Gasteiger partial charge in [0.05, 0.1) is 11.6 Å². The van der Waals surface area contributed by atoms with Crippen molar-refractivity contribution in [1.82, 2.24) is 14.9 Å². The molecule has 0 bridgehead atoms. The standard InChI is InChI=1S/C27H27ClFN3O3/c28-20-6-4-19(24(29)12-20)16-35-26-3-1-2-25(31-26)17-8-10-32(11-9-17)15-21-7-5-18(14-30-21)22-13-23(22)27(33)34/h1-7,12,14,17,22-23H,8-11,13,15-16H2,(H,33,34). The Morgan fingerprint density at radius 1 is 1.17 bits per heavy atom. The maximum atomic E-state index is 14.0. The number of aromatic nitrogens is 2. The number of aliphatic carboxylic acids is 1. The molecule has 2 aromatic heterocycles. The number of benzene rings is 1. The van der Waals surface area contributed by atoms with Crippen LogP contribution >= 0.6 is 11.6 Å². The van der Waals surface area contributed by atoms with E-state index in [4.69, 9.17) is 21.4 Å². The second-order valence-electron chi connectivity index (χ2n) is 9.35. The number of pyridine rings is 2. The molecular weight excluding hydrogens is 469 g/mol. The van der Waals surface area contributed by atoms with Crippen LogP contribution in [0.5, 0.6) is 5.88 Å².